The molecule has 0 aromatic carbocycles. The van der Waals surface area contributed by atoms with E-state index < -0.39 is 0 Å². The summed E-state index contributed by atoms with van der Waals surface area (Å²) in [4.78, 5) is 0. The van der Waals surface area contributed by atoms with Gasteiger partial charge in [0.1, 0.15) is 0 Å². The fraction of sp³-hybridized carbons (Fsp3) is 1.00. The molecule has 5 N–H and O–H groups in total. The van der Waals surface area contributed by atoms with E-state index in [1.165, 1.54) is 0 Å². The zero-order valence-corrected chi connectivity index (χ0v) is 19.2. The SMILES string of the molecule is CC(C)O.CC(C)O.CC(C)O.CC(C)O.CC(C)O.[Fe].[Gd]. The molecular weight excluding hydrogens is 473 g/mol. The van der Waals surface area contributed by atoms with E-state index in [2.05, 4.69) is 0 Å². The molecule has 0 saturated carbocycles. The molecule has 5 nitrogen and oxygen atoms in total. The maximum atomic E-state index is 8.06. The van der Waals surface area contributed by atoms with Gasteiger partial charge in [0.05, 0.1) is 0 Å². The van der Waals surface area contributed by atoms with Gasteiger partial charge in [-0.3, -0.25) is 0 Å². The summed E-state index contributed by atoms with van der Waals surface area (Å²) in [6, 6.07) is 0. The minimum Gasteiger partial charge on any atom is -0.394 e. The van der Waals surface area contributed by atoms with Crippen molar-refractivity contribution in [1.82, 2.24) is 0 Å². The van der Waals surface area contributed by atoms with Crippen LogP contribution in [0.1, 0.15) is 69.2 Å². The fourth-order valence-corrected chi connectivity index (χ4v) is 0. The molecule has 0 aliphatic rings. The Morgan fingerprint density at radius 2 is 0.364 bits per heavy atom. The van der Waals surface area contributed by atoms with Crippen LogP contribution in [0.2, 0.25) is 0 Å². The van der Waals surface area contributed by atoms with Crippen LogP contribution in [0.15, 0.2) is 0 Å². The third kappa shape index (κ3) is 3410. The molecule has 0 saturated heterocycles. The smallest absolute Gasteiger partial charge is 0.0483 e. The molecule has 0 aliphatic heterocycles. The molecule has 0 heterocycles. The van der Waals surface area contributed by atoms with Crippen LogP contribution in [0, 0.1) is 39.9 Å². The van der Waals surface area contributed by atoms with Crippen LogP contribution in [-0.2, 0) is 17.1 Å². The van der Waals surface area contributed by atoms with Gasteiger partial charge in [-0.1, -0.05) is 0 Å². The molecule has 0 atom stereocenters. The Morgan fingerprint density at radius 3 is 0.364 bits per heavy atom. The number of hydrogen-bond donors (Lipinski definition) is 5. The van der Waals surface area contributed by atoms with Gasteiger partial charge in [-0.25, -0.2) is 0 Å². The number of aliphatic hydroxyl groups excluding tert-OH is 5. The van der Waals surface area contributed by atoms with Crippen LogP contribution in [0.25, 0.3) is 0 Å². The molecule has 22 heavy (non-hydrogen) atoms. The van der Waals surface area contributed by atoms with Crippen molar-refractivity contribution < 1.29 is 82.5 Å². The number of aliphatic hydroxyl groups is 5. The van der Waals surface area contributed by atoms with E-state index in [1.54, 1.807) is 69.2 Å². The second kappa shape index (κ2) is 38.3. The topological polar surface area (TPSA) is 101 Å². The molecule has 0 rings (SSSR count). The second-order valence-electron chi connectivity index (χ2n) is 5.47. The molecule has 0 aromatic heterocycles. The molecule has 7 heteroatoms. The number of rotatable bonds is 0. The Balaban J connectivity index is -0.0000000250. The van der Waals surface area contributed by atoms with E-state index in [1.807, 2.05) is 0 Å². The van der Waals surface area contributed by atoms with Gasteiger partial charge in [0, 0.05) is 87.5 Å². The number of hydrogen-bond acceptors (Lipinski definition) is 5. The van der Waals surface area contributed by atoms with E-state index in [0.29, 0.717) is 0 Å². The molecule has 0 aliphatic carbocycles. The van der Waals surface area contributed by atoms with E-state index in [9.17, 15) is 0 Å². The van der Waals surface area contributed by atoms with Crippen molar-refractivity contribution in [3.63, 3.8) is 0 Å². The Kier molecular flexibility index (Phi) is 76.2. The van der Waals surface area contributed by atoms with Gasteiger partial charge in [0.2, 0.25) is 0 Å². The van der Waals surface area contributed by atoms with Gasteiger partial charge < -0.3 is 25.5 Å². The molecule has 0 fully saturated rings. The standard InChI is InChI=1S/5C3H8O.Fe.Gd/c5*1-3(2)4;;/h5*3-4H,1-2H3;;. The average molecular weight is 514 g/mol. The van der Waals surface area contributed by atoms with Crippen LogP contribution in [0.5, 0.6) is 0 Å². The van der Waals surface area contributed by atoms with E-state index >= 15 is 0 Å². The second-order valence-corrected chi connectivity index (χ2v) is 5.47. The van der Waals surface area contributed by atoms with Gasteiger partial charge >= 0.3 is 0 Å². The van der Waals surface area contributed by atoms with Crippen LogP contribution in [-0.4, -0.2) is 56.1 Å². The Morgan fingerprint density at radius 1 is 0.364 bits per heavy atom. The molecule has 0 bridgehead atoms. The largest absolute Gasteiger partial charge is 0.394 e. The summed E-state index contributed by atoms with van der Waals surface area (Å²) in [5.41, 5.74) is 0. The Bertz CT molecular complexity index is 86.5. The van der Waals surface area contributed by atoms with Crippen molar-refractivity contribution in [3.8, 4) is 0 Å². The van der Waals surface area contributed by atoms with Crippen LogP contribution < -0.4 is 0 Å². The van der Waals surface area contributed by atoms with E-state index in [-0.39, 0.29) is 87.5 Å². The normalized spacial score (nSPS) is 8.18. The molecule has 0 aromatic rings. The summed E-state index contributed by atoms with van der Waals surface area (Å²) in [6.07, 6.45) is -0.833. The van der Waals surface area contributed by atoms with Crippen molar-refractivity contribution in [2.45, 2.75) is 99.8 Å². The minimum atomic E-state index is -0.167. The molecule has 0 spiro atoms. The molecule has 0 radical (unpaired) electrons. The summed E-state index contributed by atoms with van der Waals surface area (Å²) in [5, 5.41) is 40.3. The van der Waals surface area contributed by atoms with Crippen molar-refractivity contribution in [3.05, 3.63) is 0 Å². The molecular formula is C15H40FeGdO5. The first-order chi connectivity index (χ1) is 8.66. The third-order valence-corrected chi connectivity index (χ3v) is 0. The monoisotopic (exact) mass is 514 g/mol. The summed E-state index contributed by atoms with van der Waals surface area (Å²) in [6.45, 7) is 17.2. The zero-order valence-electron chi connectivity index (χ0n) is 15.8. The quantitative estimate of drug-likeness (QED) is 0.319. The summed E-state index contributed by atoms with van der Waals surface area (Å²) < 4.78 is 0. The van der Waals surface area contributed by atoms with Crippen molar-refractivity contribution >= 4 is 0 Å². The average Bonchev–Trinajstić information content (AvgIpc) is 1.94. The Labute approximate surface area is 181 Å². The van der Waals surface area contributed by atoms with Crippen molar-refractivity contribution in [2.75, 3.05) is 0 Å². The third-order valence-electron chi connectivity index (χ3n) is 0. The zero-order chi connectivity index (χ0) is 17.9. The maximum absolute atomic E-state index is 8.06. The fourth-order valence-electron chi connectivity index (χ4n) is 0. The predicted molar refractivity (Wildman–Crippen MR) is 86.8 cm³/mol. The van der Waals surface area contributed by atoms with E-state index in [0.717, 1.165) is 0 Å². The summed E-state index contributed by atoms with van der Waals surface area (Å²) in [7, 11) is 0. The predicted octanol–water partition coefficient (Wildman–Crippen LogP) is 1.93. The first kappa shape index (κ1) is 43.8. The van der Waals surface area contributed by atoms with Gasteiger partial charge in [-0.2, -0.15) is 0 Å². The van der Waals surface area contributed by atoms with Crippen LogP contribution in [0.4, 0.5) is 0 Å². The van der Waals surface area contributed by atoms with Crippen molar-refractivity contribution in [2.24, 2.45) is 0 Å². The molecule has 146 valence electrons. The van der Waals surface area contributed by atoms with Gasteiger partial charge in [-0.05, 0) is 69.2 Å². The van der Waals surface area contributed by atoms with Gasteiger partial charge in [0.15, 0.2) is 0 Å². The van der Waals surface area contributed by atoms with Crippen LogP contribution >= 0.6 is 0 Å². The molecule has 0 unspecified atom stereocenters. The minimum absolute atomic E-state index is 0. The van der Waals surface area contributed by atoms with E-state index in [4.69, 9.17) is 25.5 Å². The van der Waals surface area contributed by atoms with Crippen LogP contribution in [0.3, 0.4) is 0 Å². The Hall–Kier alpha value is 1.64. The van der Waals surface area contributed by atoms with Crippen molar-refractivity contribution in [1.29, 1.82) is 0 Å². The first-order valence-corrected chi connectivity index (χ1v) is 7.06. The molecule has 0 amide bonds. The summed E-state index contributed by atoms with van der Waals surface area (Å²) >= 11 is 0. The van der Waals surface area contributed by atoms with Gasteiger partial charge in [-0.15, -0.1) is 0 Å². The van der Waals surface area contributed by atoms with Gasteiger partial charge in [0.25, 0.3) is 0 Å². The summed E-state index contributed by atoms with van der Waals surface area (Å²) in [5.74, 6) is 0. The first-order valence-electron chi connectivity index (χ1n) is 7.06. The maximum Gasteiger partial charge on any atom is 0.0483 e.